The molecule has 0 aliphatic rings. The van der Waals surface area contributed by atoms with Crippen LogP contribution >= 0.6 is 0 Å². The molecule has 4 nitrogen and oxygen atoms in total. The third-order valence-corrected chi connectivity index (χ3v) is 3.57. The number of carboxylic acids is 1. The Morgan fingerprint density at radius 1 is 1.14 bits per heavy atom. The Kier molecular flexibility index (Phi) is 5.53. The number of para-hydroxylation sites is 1. The Morgan fingerprint density at radius 2 is 1.71 bits per heavy atom. The summed E-state index contributed by atoms with van der Waals surface area (Å²) in [5.74, 6) is -1.88. The van der Waals surface area contributed by atoms with E-state index in [1.165, 1.54) is 0 Å². The number of hydrogen-bond acceptors (Lipinski definition) is 2. The summed E-state index contributed by atoms with van der Waals surface area (Å²) in [6.45, 7) is 9.65. The van der Waals surface area contributed by atoms with Crippen molar-refractivity contribution in [2.75, 3.05) is 5.32 Å². The van der Waals surface area contributed by atoms with Gasteiger partial charge < -0.3 is 10.4 Å². The highest BCUT2D eigenvalue weighted by molar-refractivity contribution is 5.93. The number of carboxylic acid groups (broad SMARTS) is 1. The van der Waals surface area contributed by atoms with E-state index >= 15 is 0 Å². The van der Waals surface area contributed by atoms with Crippen molar-refractivity contribution in [2.24, 2.45) is 11.8 Å². The summed E-state index contributed by atoms with van der Waals surface area (Å²) in [6.07, 6.45) is 0.332. The molecule has 0 saturated carbocycles. The lowest BCUT2D eigenvalue weighted by molar-refractivity contribution is -0.141. The minimum Gasteiger partial charge on any atom is -0.481 e. The van der Waals surface area contributed by atoms with Crippen LogP contribution in [0.1, 0.15) is 46.6 Å². The predicted molar refractivity (Wildman–Crippen MR) is 84.4 cm³/mol. The van der Waals surface area contributed by atoms with E-state index in [1.807, 2.05) is 24.3 Å². The SMILES string of the molecule is C[C@H](C[C@H](C)C(=O)O)C(=O)Nc1ccccc1C(C)(C)C. The van der Waals surface area contributed by atoms with Gasteiger partial charge in [0.25, 0.3) is 0 Å². The molecule has 4 heteroatoms. The van der Waals surface area contributed by atoms with Crippen LogP contribution in [0.3, 0.4) is 0 Å². The molecular weight excluding hydrogens is 266 g/mol. The van der Waals surface area contributed by atoms with E-state index in [0.29, 0.717) is 6.42 Å². The normalized spacial score (nSPS) is 14.3. The number of carbonyl (C=O) groups is 2. The van der Waals surface area contributed by atoms with Crippen LogP contribution < -0.4 is 5.32 Å². The molecule has 21 heavy (non-hydrogen) atoms. The number of rotatable bonds is 5. The van der Waals surface area contributed by atoms with Gasteiger partial charge in [-0.05, 0) is 23.5 Å². The summed E-state index contributed by atoms with van der Waals surface area (Å²) >= 11 is 0. The molecule has 0 aromatic heterocycles. The molecule has 0 radical (unpaired) electrons. The fourth-order valence-electron chi connectivity index (χ4n) is 2.24. The van der Waals surface area contributed by atoms with E-state index in [0.717, 1.165) is 11.3 Å². The minimum atomic E-state index is -0.871. The molecule has 2 atom stereocenters. The topological polar surface area (TPSA) is 66.4 Å². The Morgan fingerprint density at radius 3 is 2.24 bits per heavy atom. The van der Waals surface area contributed by atoms with Crippen molar-refractivity contribution in [1.29, 1.82) is 0 Å². The summed E-state index contributed by atoms with van der Waals surface area (Å²) < 4.78 is 0. The first-order valence-electron chi connectivity index (χ1n) is 7.26. The number of hydrogen-bond donors (Lipinski definition) is 2. The van der Waals surface area contributed by atoms with Gasteiger partial charge in [0.1, 0.15) is 0 Å². The highest BCUT2D eigenvalue weighted by Crippen LogP contribution is 2.29. The first-order valence-corrected chi connectivity index (χ1v) is 7.26. The molecule has 0 fully saturated rings. The summed E-state index contributed by atoms with van der Waals surface area (Å²) in [5.41, 5.74) is 1.79. The van der Waals surface area contributed by atoms with Crippen LogP contribution in [-0.2, 0) is 15.0 Å². The molecular formula is C17H25NO3. The summed E-state index contributed by atoms with van der Waals surface area (Å²) in [6, 6.07) is 7.72. The molecule has 0 bridgehead atoms. The number of aliphatic carboxylic acids is 1. The van der Waals surface area contributed by atoms with Crippen molar-refractivity contribution < 1.29 is 14.7 Å². The van der Waals surface area contributed by atoms with Crippen LogP contribution in [0, 0.1) is 11.8 Å². The molecule has 2 N–H and O–H groups in total. The van der Waals surface area contributed by atoms with Crippen molar-refractivity contribution in [1.82, 2.24) is 0 Å². The average Bonchev–Trinajstić information content (AvgIpc) is 2.37. The van der Waals surface area contributed by atoms with Gasteiger partial charge in [0.05, 0.1) is 5.92 Å². The molecule has 1 aromatic rings. The predicted octanol–water partition coefficient (Wildman–Crippen LogP) is 3.67. The van der Waals surface area contributed by atoms with Crippen LogP contribution in [0.4, 0.5) is 5.69 Å². The zero-order chi connectivity index (χ0) is 16.2. The molecule has 0 unspecified atom stereocenters. The molecule has 0 aliphatic heterocycles. The second-order valence-corrected chi connectivity index (χ2v) is 6.66. The fourth-order valence-corrected chi connectivity index (χ4v) is 2.24. The molecule has 1 rings (SSSR count). The van der Waals surface area contributed by atoms with E-state index in [-0.39, 0.29) is 17.2 Å². The van der Waals surface area contributed by atoms with Gasteiger partial charge in [-0.2, -0.15) is 0 Å². The van der Waals surface area contributed by atoms with Crippen LogP contribution in [0.2, 0.25) is 0 Å². The third kappa shape index (κ3) is 4.88. The molecule has 0 aliphatic carbocycles. The van der Waals surface area contributed by atoms with Crippen molar-refractivity contribution in [3.63, 3.8) is 0 Å². The van der Waals surface area contributed by atoms with Crippen molar-refractivity contribution in [3.05, 3.63) is 29.8 Å². The molecule has 0 saturated heterocycles. The summed E-state index contributed by atoms with van der Waals surface area (Å²) in [7, 11) is 0. The molecule has 0 heterocycles. The number of anilines is 1. The lowest BCUT2D eigenvalue weighted by Crippen LogP contribution is -2.26. The Labute approximate surface area is 126 Å². The van der Waals surface area contributed by atoms with Gasteiger partial charge in [-0.1, -0.05) is 52.8 Å². The van der Waals surface area contributed by atoms with E-state index in [4.69, 9.17) is 5.11 Å². The van der Waals surface area contributed by atoms with Crippen LogP contribution in [0.15, 0.2) is 24.3 Å². The molecule has 116 valence electrons. The first kappa shape index (κ1) is 17.2. The molecule has 1 aromatic carbocycles. The quantitative estimate of drug-likeness (QED) is 0.870. The number of nitrogens with one attached hydrogen (secondary N) is 1. The monoisotopic (exact) mass is 291 g/mol. The van der Waals surface area contributed by atoms with Gasteiger partial charge in [0.15, 0.2) is 0 Å². The first-order chi connectivity index (χ1) is 9.62. The summed E-state index contributed by atoms with van der Waals surface area (Å²) in [5, 5.41) is 11.9. The van der Waals surface area contributed by atoms with Crippen LogP contribution in [0.25, 0.3) is 0 Å². The maximum absolute atomic E-state index is 12.2. The van der Waals surface area contributed by atoms with Gasteiger partial charge in [-0.15, -0.1) is 0 Å². The van der Waals surface area contributed by atoms with Crippen molar-refractivity contribution in [2.45, 2.75) is 46.5 Å². The second-order valence-electron chi connectivity index (χ2n) is 6.66. The van der Waals surface area contributed by atoms with Gasteiger partial charge in [0, 0.05) is 11.6 Å². The van der Waals surface area contributed by atoms with Gasteiger partial charge >= 0.3 is 5.97 Å². The fraction of sp³-hybridized carbons (Fsp3) is 0.529. The maximum atomic E-state index is 12.2. The van der Waals surface area contributed by atoms with Crippen molar-refractivity contribution in [3.8, 4) is 0 Å². The number of amides is 1. The standard InChI is InChI=1S/C17H25NO3/c1-11(10-12(2)16(20)21)15(19)18-14-9-7-6-8-13(14)17(3,4)5/h6-9,11-12H,10H2,1-5H3,(H,18,19)(H,20,21)/t11-,12+/m1/s1. The number of carbonyl (C=O) groups excluding carboxylic acids is 1. The molecule has 1 amide bonds. The lowest BCUT2D eigenvalue weighted by Gasteiger charge is -2.24. The second kappa shape index (κ2) is 6.74. The average molecular weight is 291 g/mol. The van der Waals surface area contributed by atoms with E-state index < -0.39 is 11.9 Å². The highest BCUT2D eigenvalue weighted by atomic mass is 16.4. The largest absolute Gasteiger partial charge is 0.481 e. The number of benzene rings is 1. The lowest BCUT2D eigenvalue weighted by atomic mass is 9.85. The van der Waals surface area contributed by atoms with E-state index in [1.54, 1.807) is 13.8 Å². The van der Waals surface area contributed by atoms with Crippen LogP contribution in [0.5, 0.6) is 0 Å². The van der Waals surface area contributed by atoms with Crippen LogP contribution in [-0.4, -0.2) is 17.0 Å². The Hall–Kier alpha value is -1.84. The molecule has 0 spiro atoms. The maximum Gasteiger partial charge on any atom is 0.306 e. The third-order valence-electron chi connectivity index (χ3n) is 3.57. The minimum absolute atomic E-state index is 0.0680. The smallest absolute Gasteiger partial charge is 0.306 e. The zero-order valence-corrected chi connectivity index (χ0v) is 13.4. The van der Waals surface area contributed by atoms with Gasteiger partial charge in [-0.3, -0.25) is 9.59 Å². The van der Waals surface area contributed by atoms with Crippen molar-refractivity contribution >= 4 is 17.6 Å². The van der Waals surface area contributed by atoms with Gasteiger partial charge in [-0.25, -0.2) is 0 Å². The zero-order valence-electron chi connectivity index (χ0n) is 13.4. The Bertz CT molecular complexity index is 517. The van der Waals surface area contributed by atoms with E-state index in [9.17, 15) is 9.59 Å². The van der Waals surface area contributed by atoms with E-state index in [2.05, 4.69) is 26.1 Å². The highest BCUT2D eigenvalue weighted by Gasteiger charge is 2.23. The van der Waals surface area contributed by atoms with Gasteiger partial charge in [0.2, 0.25) is 5.91 Å². The summed E-state index contributed by atoms with van der Waals surface area (Å²) in [4.78, 5) is 23.1. The Balaban J connectivity index is 2.82.